The Morgan fingerprint density at radius 2 is 1.90 bits per heavy atom. The maximum Gasteiger partial charge on any atom is 0.328 e. The molecule has 0 unspecified atom stereocenters. The van der Waals surface area contributed by atoms with Gasteiger partial charge in [-0.1, -0.05) is 11.6 Å². The van der Waals surface area contributed by atoms with Crippen molar-refractivity contribution in [2.24, 2.45) is 0 Å². The molecule has 0 aliphatic carbocycles. The molecule has 8 nitrogen and oxygen atoms in total. The van der Waals surface area contributed by atoms with Crippen molar-refractivity contribution >= 4 is 29.0 Å². The molecule has 4 aromatic rings. The first kappa shape index (κ1) is 18.7. The second-order valence-corrected chi connectivity index (χ2v) is 6.43. The van der Waals surface area contributed by atoms with Crippen LogP contribution >= 0.6 is 11.6 Å². The van der Waals surface area contributed by atoms with Crippen molar-refractivity contribution in [3.05, 3.63) is 75.7 Å². The third-order valence-electron chi connectivity index (χ3n) is 4.05. The van der Waals surface area contributed by atoms with E-state index >= 15 is 0 Å². The minimum Gasteiger partial charge on any atom is -0.494 e. The number of benzene rings is 2. The molecule has 0 aliphatic rings. The van der Waals surface area contributed by atoms with Crippen LogP contribution in [0.1, 0.15) is 17.3 Å². The van der Waals surface area contributed by atoms with Gasteiger partial charge in [0, 0.05) is 16.1 Å². The van der Waals surface area contributed by atoms with E-state index in [1.54, 1.807) is 48.5 Å². The molecule has 2 aromatic heterocycles. The van der Waals surface area contributed by atoms with Gasteiger partial charge in [-0.3, -0.25) is 9.59 Å². The van der Waals surface area contributed by atoms with Crippen LogP contribution in [0.15, 0.2) is 63.9 Å². The number of ether oxygens (including phenoxy) is 1. The van der Waals surface area contributed by atoms with Gasteiger partial charge in [-0.05, 0) is 55.5 Å². The van der Waals surface area contributed by atoms with E-state index in [9.17, 15) is 9.59 Å². The van der Waals surface area contributed by atoms with Crippen molar-refractivity contribution in [1.29, 1.82) is 0 Å². The van der Waals surface area contributed by atoms with Crippen LogP contribution in [-0.4, -0.2) is 27.1 Å². The average Bonchev–Trinajstić information content (AvgIpc) is 3.16. The summed E-state index contributed by atoms with van der Waals surface area (Å²) in [6, 6.07) is 13.4. The molecule has 0 bridgehead atoms. The van der Waals surface area contributed by atoms with Gasteiger partial charge in [0.05, 0.1) is 12.8 Å². The van der Waals surface area contributed by atoms with Crippen molar-refractivity contribution in [2.45, 2.75) is 6.92 Å². The van der Waals surface area contributed by atoms with E-state index in [-0.39, 0.29) is 17.4 Å². The lowest BCUT2D eigenvalue weighted by Crippen LogP contribution is -2.23. The molecule has 9 heteroatoms. The molecular weight excluding hydrogens is 396 g/mol. The molecule has 0 spiro atoms. The minimum atomic E-state index is -0.557. The van der Waals surface area contributed by atoms with Crippen molar-refractivity contribution in [1.82, 2.24) is 14.6 Å². The van der Waals surface area contributed by atoms with Gasteiger partial charge in [0.2, 0.25) is 5.89 Å². The van der Waals surface area contributed by atoms with Gasteiger partial charge in [0.1, 0.15) is 11.4 Å². The first-order chi connectivity index (χ1) is 14.0. The third kappa shape index (κ3) is 3.83. The molecule has 29 heavy (non-hydrogen) atoms. The fraction of sp³-hybridized carbons (Fsp3) is 0.100. The topological polar surface area (TPSA) is 98.7 Å². The first-order valence-electron chi connectivity index (χ1n) is 8.74. The predicted molar refractivity (Wildman–Crippen MR) is 108 cm³/mol. The molecule has 0 saturated carbocycles. The molecule has 0 aliphatic heterocycles. The van der Waals surface area contributed by atoms with Gasteiger partial charge in [-0.25, -0.2) is 4.98 Å². The maximum absolute atomic E-state index is 12.7. The summed E-state index contributed by atoms with van der Waals surface area (Å²) < 4.78 is 12.0. The van der Waals surface area contributed by atoms with E-state index in [1.165, 1.54) is 6.20 Å². The van der Waals surface area contributed by atoms with E-state index in [2.05, 4.69) is 15.4 Å². The molecule has 2 aromatic carbocycles. The standard InChI is InChI=1S/C20H15ClN4O4/c1-2-28-15-9-5-13(6-10-15)18-24-25-19(27)16(11-22-20(25)29-18)23-17(26)12-3-7-14(21)8-4-12/h3-11H,2H2,1H3,(H,23,26). The lowest BCUT2D eigenvalue weighted by atomic mass is 10.2. The van der Waals surface area contributed by atoms with Crippen molar-refractivity contribution in [3.63, 3.8) is 0 Å². The SMILES string of the molecule is CCOc1ccc(-c2nn3c(=O)c(NC(=O)c4ccc(Cl)cc4)cnc3o2)cc1. The summed E-state index contributed by atoms with van der Waals surface area (Å²) in [4.78, 5) is 29.1. The Morgan fingerprint density at radius 1 is 1.17 bits per heavy atom. The highest BCUT2D eigenvalue weighted by Gasteiger charge is 2.15. The largest absolute Gasteiger partial charge is 0.494 e. The van der Waals surface area contributed by atoms with Gasteiger partial charge in [0.15, 0.2) is 0 Å². The number of aromatic nitrogens is 3. The van der Waals surface area contributed by atoms with Crippen LogP contribution in [-0.2, 0) is 0 Å². The Morgan fingerprint density at radius 3 is 2.59 bits per heavy atom. The zero-order chi connectivity index (χ0) is 20.4. The van der Waals surface area contributed by atoms with E-state index in [4.69, 9.17) is 20.8 Å². The zero-order valence-corrected chi connectivity index (χ0v) is 16.0. The van der Waals surface area contributed by atoms with Crippen LogP contribution in [0.25, 0.3) is 17.3 Å². The van der Waals surface area contributed by atoms with Crippen LogP contribution in [0.5, 0.6) is 5.75 Å². The van der Waals surface area contributed by atoms with Crippen LogP contribution in [0.4, 0.5) is 5.69 Å². The summed E-state index contributed by atoms with van der Waals surface area (Å²) in [7, 11) is 0. The van der Waals surface area contributed by atoms with Crippen molar-refractivity contribution < 1.29 is 13.9 Å². The third-order valence-corrected chi connectivity index (χ3v) is 4.31. The number of carbonyl (C=O) groups excluding carboxylic acids is 1. The molecule has 0 fully saturated rings. The highest BCUT2D eigenvalue weighted by atomic mass is 35.5. The summed E-state index contributed by atoms with van der Waals surface area (Å²) >= 11 is 5.82. The van der Waals surface area contributed by atoms with E-state index < -0.39 is 11.5 Å². The average molecular weight is 411 g/mol. The normalized spacial score (nSPS) is 10.8. The van der Waals surface area contributed by atoms with Gasteiger partial charge >= 0.3 is 11.4 Å². The summed E-state index contributed by atoms with van der Waals surface area (Å²) in [5, 5.41) is 7.22. The number of halogens is 1. The van der Waals surface area contributed by atoms with Crippen molar-refractivity contribution in [3.8, 4) is 17.2 Å². The smallest absolute Gasteiger partial charge is 0.328 e. The summed E-state index contributed by atoms with van der Waals surface area (Å²) in [5.74, 6) is 0.493. The molecule has 0 saturated heterocycles. The number of nitrogens with zero attached hydrogens (tertiary/aromatic N) is 3. The Balaban J connectivity index is 1.63. The molecule has 4 rings (SSSR count). The number of fused-ring (bicyclic) bond motifs is 1. The number of hydrogen-bond donors (Lipinski definition) is 1. The maximum atomic E-state index is 12.7. The second kappa shape index (κ2) is 7.76. The molecule has 1 N–H and O–H groups in total. The highest BCUT2D eigenvalue weighted by molar-refractivity contribution is 6.30. The number of carbonyl (C=O) groups is 1. The van der Waals surface area contributed by atoms with E-state index in [1.807, 2.05) is 6.92 Å². The zero-order valence-electron chi connectivity index (χ0n) is 15.3. The second-order valence-electron chi connectivity index (χ2n) is 6.00. The number of rotatable bonds is 5. The van der Waals surface area contributed by atoms with Gasteiger partial charge < -0.3 is 14.5 Å². The summed E-state index contributed by atoms with van der Waals surface area (Å²) in [5.41, 5.74) is 0.437. The fourth-order valence-electron chi connectivity index (χ4n) is 2.64. The molecular formula is C20H15ClN4O4. The molecule has 146 valence electrons. The van der Waals surface area contributed by atoms with Gasteiger partial charge in [0.25, 0.3) is 5.91 Å². The van der Waals surface area contributed by atoms with Gasteiger partial charge in [-0.15, -0.1) is 9.61 Å². The molecule has 0 radical (unpaired) electrons. The summed E-state index contributed by atoms with van der Waals surface area (Å²) in [6.45, 7) is 2.46. The molecule has 2 heterocycles. The van der Waals surface area contributed by atoms with Crippen LogP contribution < -0.4 is 15.6 Å². The molecule has 1 amide bonds. The van der Waals surface area contributed by atoms with Crippen LogP contribution in [0, 0.1) is 0 Å². The lowest BCUT2D eigenvalue weighted by Gasteiger charge is -2.03. The molecule has 0 atom stereocenters. The van der Waals surface area contributed by atoms with Gasteiger partial charge in [-0.2, -0.15) is 0 Å². The Bertz CT molecular complexity index is 1230. The Kier molecular flexibility index (Phi) is 5.01. The fourth-order valence-corrected chi connectivity index (χ4v) is 2.77. The predicted octanol–water partition coefficient (Wildman–Crippen LogP) is 3.65. The Hall–Kier alpha value is -3.65. The van der Waals surface area contributed by atoms with Crippen molar-refractivity contribution in [2.75, 3.05) is 11.9 Å². The summed E-state index contributed by atoms with van der Waals surface area (Å²) in [6.07, 6.45) is 1.23. The number of amides is 1. The van der Waals surface area contributed by atoms with E-state index in [0.717, 1.165) is 10.3 Å². The quantitative estimate of drug-likeness (QED) is 0.539. The van der Waals surface area contributed by atoms with E-state index in [0.29, 0.717) is 22.8 Å². The Labute approximate surface area is 169 Å². The van der Waals surface area contributed by atoms with Crippen LogP contribution in [0.2, 0.25) is 5.02 Å². The number of nitrogens with one attached hydrogen (secondary N) is 1. The minimum absolute atomic E-state index is 0.0170. The monoisotopic (exact) mass is 410 g/mol. The van der Waals surface area contributed by atoms with Crippen LogP contribution in [0.3, 0.4) is 0 Å². The lowest BCUT2D eigenvalue weighted by molar-refractivity contribution is 0.102. The highest BCUT2D eigenvalue weighted by Crippen LogP contribution is 2.22. The number of hydrogen-bond acceptors (Lipinski definition) is 6. The first-order valence-corrected chi connectivity index (χ1v) is 9.12. The number of anilines is 1.